The van der Waals surface area contributed by atoms with E-state index in [-0.39, 0.29) is 30.4 Å². The first-order valence-electron chi connectivity index (χ1n) is 9.91. The molecule has 0 aliphatic carbocycles. The van der Waals surface area contributed by atoms with Crippen molar-refractivity contribution in [2.45, 2.75) is 25.9 Å². The van der Waals surface area contributed by atoms with E-state index >= 15 is 0 Å². The van der Waals surface area contributed by atoms with Gasteiger partial charge in [0.15, 0.2) is 0 Å². The Morgan fingerprint density at radius 3 is 2.20 bits per heavy atom. The Balaban J connectivity index is 1.42. The van der Waals surface area contributed by atoms with Gasteiger partial charge in [-0.15, -0.1) is 0 Å². The van der Waals surface area contributed by atoms with Crippen molar-refractivity contribution in [3.05, 3.63) is 54.1 Å². The van der Waals surface area contributed by atoms with E-state index in [1.165, 1.54) is 6.92 Å². The van der Waals surface area contributed by atoms with Crippen LogP contribution in [0.15, 0.2) is 48.5 Å². The summed E-state index contributed by atoms with van der Waals surface area (Å²) >= 11 is 0. The lowest BCUT2D eigenvalue weighted by Gasteiger charge is -2.11. The first kappa shape index (κ1) is 21.3. The molecule has 30 heavy (non-hydrogen) atoms. The lowest BCUT2D eigenvalue weighted by molar-refractivity contribution is -0.115. The lowest BCUT2D eigenvalue weighted by atomic mass is 10.2. The van der Waals surface area contributed by atoms with Crippen molar-refractivity contribution in [2.24, 2.45) is 0 Å². The monoisotopic (exact) mass is 410 g/mol. The quantitative estimate of drug-likeness (QED) is 0.535. The number of nitrogens with one attached hydrogen (secondary N) is 4. The SMILES string of the molecule is CC(=O)Nc1ccc(NCC(=O)Nc2ccc(C(=O)NCC3CCCO3)cc2)cc1. The highest BCUT2D eigenvalue weighted by molar-refractivity contribution is 5.96. The lowest BCUT2D eigenvalue weighted by Crippen LogP contribution is -2.31. The summed E-state index contributed by atoms with van der Waals surface area (Å²) in [7, 11) is 0. The zero-order valence-electron chi connectivity index (χ0n) is 16.9. The minimum Gasteiger partial charge on any atom is -0.376 e. The van der Waals surface area contributed by atoms with Crippen molar-refractivity contribution >= 4 is 34.8 Å². The smallest absolute Gasteiger partial charge is 0.251 e. The summed E-state index contributed by atoms with van der Waals surface area (Å²) in [6.45, 7) is 2.80. The average molecular weight is 410 g/mol. The fourth-order valence-electron chi connectivity index (χ4n) is 3.08. The zero-order valence-corrected chi connectivity index (χ0v) is 16.9. The molecule has 158 valence electrons. The van der Waals surface area contributed by atoms with Crippen LogP contribution in [0.5, 0.6) is 0 Å². The molecule has 1 aliphatic rings. The van der Waals surface area contributed by atoms with Crippen LogP contribution in [0.4, 0.5) is 17.1 Å². The molecule has 3 amide bonds. The minimum absolute atomic E-state index is 0.0864. The topological polar surface area (TPSA) is 109 Å². The molecule has 1 heterocycles. The van der Waals surface area contributed by atoms with Gasteiger partial charge < -0.3 is 26.0 Å². The van der Waals surface area contributed by atoms with Gasteiger partial charge in [-0.05, 0) is 61.4 Å². The van der Waals surface area contributed by atoms with Crippen molar-refractivity contribution in [1.82, 2.24) is 5.32 Å². The molecule has 0 aromatic heterocycles. The largest absolute Gasteiger partial charge is 0.376 e. The molecule has 1 aliphatic heterocycles. The Morgan fingerprint density at radius 1 is 0.933 bits per heavy atom. The fourth-order valence-corrected chi connectivity index (χ4v) is 3.08. The molecule has 1 fully saturated rings. The van der Waals surface area contributed by atoms with Crippen LogP contribution >= 0.6 is 0 Å². The summed E-state index contributed by atoms with van der Waals surface area (Å²) < 4.78 is 5.49. The van der Waals surface area contributed by atoms with Crippen molar-refractivity contribution in [1.29, 1.82) is 0 Å². The predicted molar refractivity (Wildman–Crippen MR) is 116 cm³/mol. The molecule has 4 N–H and O–H groups in total. The first-order valence-corrected chi connectivity index (χ1v) is 9.91. The van der Waals surface area contributed by atoms with Crippen LogP contribution in [-0.2, 0) is 14.3 Å². The number of carbonyl (C=O) groups is 3. The van der Waals surface area contributed by atoms with Gasteiger partial charge in [-0.3, -0.25) is 14.4 Å². The van der Waals surface area contributed by atoms with Gasteiger partial charge in [-0.1, -0.05) is 0 Å². The maximum Gasteiger partial charge on any atom is 0.251 e. The maximum absolute atomic E-state index is 12.2. The Hall–Kier alpha value is -3.39. The number of hydrogen-bond donors (Lipinski definition) is 4. The second-order valence-corrected chi connectivity index (χ2v) is 7.08. The molecule has 8 heteroatoms. The molecule has 0 bridgehead atoms. The molecule has 2 aromatic carbocycles. The predicted octanol–water partition coefficient (Wildman–Crippen LogP) is 2.60. The van der Waals surface area contributed by atoms with Crippen LogP contribution in [0, 0.1) is 0 Å². The molecule has 1 unspecified atom stereocenters. The Morgan fingerprint density at radius 2 is 1.57 bits per heavy atom. The van der Waals surface area contributed by atoms with Crippen molar-refractivity contribution in [3.8, 4) is 0 Å². The standard InChI is InChI=1S/C22H26N4O4/c1-15(27)25-18-10-8-17(9-11-18)23-14-21(28)26-19-6-4-16(5-7-19)22(29)24-13-20-3-2-12-30-20/h4-11,20,23H,2-3,12-14H2,1H3,(H,24,29)(H,25,27)(H,26,28). The van der Waals surface area contributed by atoms with Crippen LogP contribution in [0.25, 0.3) is 0 Å². The van der Waals surface area contributed by atoms with E-state index in [4.69, 9.17) is 4.74 Å². The highest BCUT2D eigenvalue weighted by Crippen LogP contribution is 2.14. The summed E-state index contributed by atoms with van der Waals surface area (Å²) in [5.41, 5.74) is 2.59. The summed E-state index contributed by atoms with van der Waals surface area (Å²) in [5, 5.41) is 11.4. The number of ether oxygens (including phenoxy) is 1. The van der Waals surface area contributed by atoms with Gasteiger partial charge in [0.1, 0.15) is 0 Å². The minimum atomic E-state index is -0.212. The van der Waals surface area contributed by atoms with Crippen LogP contribution in [0.3, 0.4) is 0 Å². The Labute approximate surface area is 175 Å². The molecular formula is C22H26N4O4. The highest BCUT2D eigenvalue weighted by atomic mass is 16.5. The Kier molecular flexibility index (Phi) is 7.40. The third-order valence-corrected chi connectivity index (χ3v) is 4.60. The van der Waals surface area contributed by atoms with E-state index in [0.717, 1.165) is 25.1 Å². The van der Waals surface area contributed by atoms with Gasteiger partial charge in [0.25, 0.3) is 5.91 Å². The highest BCUT2D eigenvalue weighted by Gasteiger charge is 2.16. The van der Waals surface area contributed by atoms with Crippen LogP contribution in [-0.4, -0.2) is 43.5 Å². The number of anilines is 3. The molecular weight excluding hydrogens is 384 g/mol. The van der Waals surface area contributed by atoms with E-state index in [0.29, 0.717) is 23.5 Å². The molecule has 8 nitrogen and oxygen atoms in total. The van der Waals surface area contributed by atoms with Gasteiger partial charge in [0.05, 0.1) is 12.6 Å². The number of benzene rings is 2. The first-order chi connectivity index (χ1) is 14.5. The van der Waals surface area contributed by atoms with Crippen LogP contribution < -0.4 is 21.3 Å². The van der Waals surface area contributed by atoms with Gasteiger partial charge >= 0.3 is 0 Å². The van der Waals surface area contributed by atoms with E-state index in [2.05, 4.69) is 21.3 Å². The molecule has 0 saturated carbocycles. The second-order valence-electron chi connectivity index (χ2n) is 7.08. The Bertz CT molecular complexity index is 875. The van der Waals surface area contributed by atoms with Crippen LogP contribution in [0.1, 0.15) is 30.1 Å². The fraction of sp³-hybridized carbons (Fsp3) is 0.318. The number of carbonyl (C=O) groups excluding carboxylic acids is 3. The van der Waals surface area contributed by atoms with Crippen molar-refractivity contribution in [3.63, 3.8) is 0 Å². The van der Waals surface area contributed by atoms with E-state index in [9.17, 15) is 14.4 Å². The molecule has 0 spiro atoms. The van der Waals surface area contributed by atoms with Gasteiger partial charge in [0.2, 0.25) is 11.8 Å². The number of hydrogen-bond acceptors (Lipinski definition) is 5. The number of rotatable bonds is 8. The third kappa shape index (κ3) is 6.59. The summed E-state index contributed by atoms with van der Waals surface area (Å²) in [4.78, 5) is 35.4. The van der Waals surface area contributed by atoms with Gasteiger partial charge in [0, 0.05) is 42.7 Å². The van der Waals surface area contributed by atoms with Crippen LogP contribution in [0.2, 0.25) is 0 Å². The van der Waals surface area contributed by atoms with E-state index in [1.54, 1.807) is 48.5 Å². The summed E-state index contributed by atoms with van der Waals surface area (Å²) in [5.74, 6) is -0.509. The van der Waals surface area contributed by atoms with Crippen molar-refractivity contribution < 1.29 is 19.1 Å². The normalized spacial score (nSPS) is 15.3. The molecule has 1 saturated heterocycles. The zero-order chi connectivity index (χ0) is 21.3. The van der Waals surface area contributed by atoms with Gasteiger partial charge in [-0.25, -0.2) is 0 Å². The maximum atomic E-state index is 12.2. The third-order valence-electron chi connectivity index (χ3n) is 4.60. The summed E-state index contributed by atoms with van der Waals surface area (Å²) in [6.07, 6.45) is 2.10. The summed E-state index contributed by atoms with van der Waals surface area (Å²) in [6, 6.07) is 13.8. The number of amides is 3. The van der Waals surface area contributed by atoms with Gasteiger partial charge in [-0.2, -0.15) is 0 Å². The van der Waals surface area contributed by atoms with Crippen molar-refractivity contribution in [2.75, 3.05) is 35.6 Å². The molecule has 0 radical (unpaired) electrons. The van der Waals surface area contributed by atoms with E-state index < -0.39 is 0 Å². The average Bonchev–Trinajstić information content (AvgIpc) is 3.25. The molecule has 1 atom stereocenters. The van der Waals surface area contributed by atoms with E-state index in [1.807, 2.05) is 0 Å². The second kappa shape index (κ2) is 10.4. The molecule has 2 aromatic rings. The molecule has 3 rings (SSSR count).